The first-order valence-corrected chi connectivity index (χ1v) is 13.3. The van der Waals surface area contributed by atoms with E-state index in [2.05, 4.69) is 38.1 Å². The quantitative estimate of drug-likeness (QED) is 0.159. The third-order valence-electron chi connectivity index (χ3n) is 7.53. The summed E-state index contributed by atoms with van der Waals surface area (Å²) in [4.78, 5) is 21.5. The lowest BCUT2D eigenvalue weighted by molar-refractivity contribution is -0.385. The van der Waals surface area contributed by atoms with E-state index >= 15 is 0 Å². The van der Waals surface area contributed by atoms with E-state index in [0.717, 1.165) is 44.9 Å². The number of hydrogen-bond acceptors (Lipinski definition) is 6. The molecule has 0 fully saturated rings. The average Bonchev–Trinajstić information content (AvgIpc) is 2.87. The van der Waals surface area contributed by atoms with Crippen molar-refractivity contribution in [3.05, 3.63) is 125 Å². The molecule has 0 saturated heterocycles. The zero-order chi connectivity index (χ0) is 30.2. The predicted octanol–water partition coefficient (Wildman–Crippen LogP) is 9.26. The van der Waals surface area contributed by atoms with Crippen LogP contribution in [0, 0.1) is 61.8 Å². The first-order valence-electron chi connectivity index (χ1n) is 13.3. The Hall–Kier alpha value is -4.72. The van der Waals surface area contributed by atoms with Gasteiger partial charge in [-0.15, -0.1) is 0 Å². The van der Waals surface area contributed by atoms with Crippen LogP contribution in [0.25, 0.3) is 0 Å². The summed E-state index contributed by atoms with van der Waals surface area (Å²) >= 11 is 0. The summed E-state index contributed by atoms with van der Waals surface area (Å²) in [7, 11) is 0. The SMILES string of the molecule is Cc1cc(Oc2c(C)cc(C(C)(C)c3cc(C)c(Oc4ccc([N+](=O)[O-])c(C)c4)c(C)c3)cc2C)ccc1[N+](=O)[O-]. The van der Waals surface area contributed by atoms with Gasteiger partial charge in [0.1, 0.15) is 23.0 Å². The van der Waals surface area contributed by atoms with Gasteiger partial charge in [0.15, 0.2) is 0 Å². The first-order chi connectivity index (χ1) is 19.2. The highest BCUT2D eigenvalue weighted by molar-refractivity contribution is 5.55. The van der Waals surface area contributed by atoms with Gasteiger partial charge < -0.3 is 9.47 Å². The van der Waals surface area contributed by atoms with Crippen molar-refractivity contribution in [2.24, 2.45) is 0 Å². The largest absolute Gasteiger partial charge is 0.457 e. The van der Waals surface area contributed by atoms with Crippen LogP contribution in [0.3, 0.4) is 0 Å². The number of nitrogens with zero attached hydrogens (tertiary/aromatic N) is 2. The van der Waals surface area contributed by atoms with Crippen molar-refractivity contribution < 1.29 is 19.3 Å². The molecule has 0 unspecified atom stereocenters. The number of hydrogen-bond donors (Lipinski definition) is 0. The zero-order valence-corrected chi connectivity index (χ0v) is 24.6. The van der Waals surface area contributed by atoms with Gasteiger partial charge in [-0.05, 0) is 99.2 Å². The van der Waals surface area contributed by atoms with E-state index < -0.39 is 9.85 Å². The van der Waals surface area contributed by atoms with Crippen molar-refractivity contribution >= 4 is 11.4 Å². The number of nitro benzene ring substituents is 2. The van der Waals surface area contributed by atoms with Gasteiger partial charge >= 0.3 is 0 Å². The Morgan fingerprint density at radius 2 is 0.854 bits per heavy atom. The molecule has 0 saturated carbocycles. The van der Waals surface area contributed by atoms with E-state index in [0.29, 0.717) is 22.6 Å². The van der Waals surface area contributed by atoms with E-state index in [1.54, 1.807) is 38.1 Å². The number of benzene rings is 4. The Morgan fingerprint density at radius 3 is 1.12 bits per heavy atom. The maximum atomic E-state index is 11.2. The van der Waals surface area contributed by atoms with Gasteiger partial charge in [-0.2, -0.15) is 0 Å². The minimum Gasteiger partial charge on any atom is -0.457 e. The van der Waals surface area contributed by atoms with Crippen LogP contribution in [-0.2, 0) is 5.41 Å². The number of aryl methyl sites for hydroxylation is 6. The summed E-state index contributed by atoms with van der Waals surface area (Å²) < 4.78 is 12.4. The lowest BCUT2D eigenvalue weighted by atomic mass is 9.76. The third kappa shape index (κ3) is 5.91. The van der Waals surface area contributed by atoms with Gasteiger partial charge in [0.25, 0.3) is 11.4 Å². The van der Waals surface area contributed by atoms with Gasteiger partial charge in [0.05, 0.1) is 9.85 Å². The summed E-state index contributed by atoms with van der Waals surface area (Å²) in [6, 6.07) is 18.0. The van der Waals surface area contributed by atoms with Crippen molar-refractivity contribution in [1.82, 2.24) is 0 Å². The molecular formula is C33H34N2O6. The summed E-state index contributed by atoms with van der Waals surface area (Å²) in [6.07, 6.45) is 0. The molecular weight excluding hydrogens is 520 g/mol. The smallest absolute Gasteiger partial charge is 0.272 e. The monoisotopic (exact) mass is 554 g/mol. The van der Waals surface area contributed by atoms with Crippen molar-refractivity contribution in [1.29, 1.82) is 0 Å². The highest BCUT2D eigenvalue weighted by Gasteiger charge is 2.27. The van der Waals surface area contributed by atoms with Crippen LogP contribution in [-0.4, -0.2) is 9.85 Å². The molecule has 8 nitrogen and oxygen atoms in total. The van der Waals surface area contributed by atoms with E-state index in [9.17, 15) is 20.2 Å². The summed E-state index contributed by atoms with van der Waals surface area (Å²) in [5.74, 6) is 2.56. The minimum absolute atomic E-state index is 0.0627. The van der Waals surface area contributed by atoms with Crippen molar-refractivity contribution in [3.8, 4) is 23.0 Å². The molecule has 0 aromatic heterocycles. The maximum Gasteiger partial charge on any atom is 0.272 e. The van der Waals surface area contributed by atoms with Gasteiger partial charge in [-0.3, -0.25) is 20.2 Å². The minimum atomic E-state index is -0.398. The maximum absolute atomic E-state index is 11.2. The van der Waals surface area contributed by atoms with Crippen LogP contribution in [0.15, 0.2) is 60.7 Å². The number of ether oxygens (including phenoxy) is 2. The molecule has 0 bridgehead atoms. The van der Waals surface area contributed by atoms with Crippen LogP contribution in [0.4, 0.5) is 11.4 Å². The van der Waals surface area contributed by atoms with Crippen molar-refractivity contribution in [3.63, 3.8) is 0 Å². The topological polar surface area (TPSA) is 105 Å². The average molecular weight is 555 g/mol. The molecule has 0 spiro atoms. The fourth-order valence-corrected chi connectivity index (χ4v) is 5.14. The highest BCUT2D eigenvalue weighted by atomic mass is 16.6. The molecule has 4 aromatic rings. The second kappa shape index (κ2) is 11.0. The third-order valence-corrected chi connectivity index (χ3v) is 7.53. The summed E-state index contributed by atoms with van der Waals surface area (Å²) in [6.45, 7) is 15.7. The molecule has 0 amide bonds. The fraction of sp³-hybridized carbons (Fsp3) is 0.273. The highest BCUT2D eigenvalue weighted by Crippen LogP contribution is 2.41. The van der Waals surface area contributed by atoms with Crippen molar-refractivity contribution in [2.75, 3.05) is 0 Å². The first kappa shape index (κ1) is 29.3. The summed E-state index contributed by atoms with van der Waals surface area (Å²) in [5, 5.41) is 22.3. The van der Waals surface area contributed by atoms with Crippen molar-refractivity contribution in [2.45, 2.75) is 60.8 Å². The molecule has 0 aliphatic heterocycles. The molecule has 4 rings (SSSR count). The molecule has 8 heteroatoms. The molecule has 0 heterocycles. The van der Waals surface area contributed by atoms with Crippen LogP contribution < -0.4 is 9.47 Å². The Morgan fingerprint density at radius 1 is 0.537 bits per heavy atom. The molecule has 0 atom stereocenters. The van der Waals surface area contributed by atoms with Gasteiger partial charge in [0.2, 0.25) is 0 Å². The van der Waals surface area contributed by atoms with Crippen LogP contribution in [0.1, 0.15) is 58.4 Å². The van der Waals surface area contributed by atoms with E-state index in [-0.39, 0.29) is 16.8 Å². The fourth-order valence-electron chi connectivity index (χ4n) is 5.14. The van der Waals surface area contributed by atoms with Crippen LogP contribution in [0.5, 0.6) is 23.0 Å². The standard InChI is InChI=1S/C33H34N2O6/c1-19-17-27(9-11-29(19)34(36)37)40-31-21(3)13-25(14-22(31)4)33(7,8)26-15-23(5)32(24(6)16-26)41-28-10-12-30(35(38)39)20(2)18-28/h9-18H,1-8H3. The van der Waals surface area contributed by atoms with Crippen LogP contribution in [0.2, 0.25) is 0 Å². The lowest BCUT2D eigenvalue weighted by Crippen LogP contribution is -2.20. The van der Waals surface area contributed by atoms with Gasteiger partial charge in [-0.25, -0.2) is 0 Å². The molecule has 0 aliphatic rings. The predicted molar refractivity (Wildman–Crippen MR) is 160 cm³/mol. The molecule has 0 radical (unpaired) electrons. The zero-order valence-electron chi connectivity index (χ0n) is 24.6. The van der Waals surface area contributed by atoms with Gasteiger partial charge in [-0.1, -0.05) is 38.1 Å². The van der Waals surface area contributed by atoms with E-state index in [1.165, 1.54) is 12.1 Å². The second-order valence-electron chi connectivity index (χ2n) is 11.1. The Balaban J connectivity index is 1.62. The van der Waals surface area contributed by atoms with E-state index in [4.69, 9.17) is 9.47 Å². The molecule has 0 N–H and O–H groups in total. The Bertz CT molecular complexity index is 1520. The molecule has 0 aliphatic carbocycles. The number of rotatable bonds is 8. The van der Waals surface area contributed by atoms with E-state index in [1.807, 2.05) is 27.7 Å². The second-order valence-corrected chi connectivity index (χ2v) is 11.1. The molecule has 4 aromatic carbocycles. The Labute approximate surface area is 239 Å². The number of nitro groups is 2. The molecule has 212 valence electrons. The Kier molecular flexibility index (Phi) is 7.88. The lowest BCUT2D eigenvalue weighted by Gasteiger charge is -2.29. The normalized spacial score (nSPS) is 11.3. The summed E-state index contributed by atoms with van der Waals surface area (Å²) in [5.41, 5.74) is 6.98. The molecule has 41 heavy (non-hydrogen) atoms. The van der Waals surface area contributed by atoms with Crippen LogP contribution >= 0.6 is 0 Å². The van der Waals surface area contributed by atoms with Gasteiger partial charge in [0, 0.05) is 28.7 Å².